The van der Waals surface area contributed by atoms with E-state index in [0.717, 1.165) is 0 Å². The maximum Gasteiger partial charge on any atom is 0.302 e. The molecular weight excluding hydrogens is 486 g/mol. The van der Waals surface area contributed by atoms with Crippen molar-refractivity contribution in [3.8, 4) is 0 Å². The van der Waals surface area contributed by atoms with E-state index >= 15 is 0 Å². The number of hydrogen-bond acceptors (Lipinski definition) is 4. The maximum atomic E-state index is 11.1. The van der Waals surface area contributed by atoms with Gasteiger partial charge in [-0.1, -0.05) is 20.8 Å². The minimum Gasteiger partial charge on any atom is -0.545 e. The number of rotatable bonds is 5. The fourth-order valence-electron chi connectivity index (χ4n) is 1.69. The van der Waals surface area contributed by atoms with Crippen molar-refractivity contribution in [3.05, 3.63) is 6.61 Å². The van der Waals surface area contributed by atoms with Crippen LogP contribution in [0.15, 0.2) is 0 Å². The zero-order chi connectivity index (χ0) is 13.9. The molecule has 0 N–H and O–H groups in total. The first kappa shape index (κ1) is 19.7. The van der Waals surface area contributed by atoms with Crippen molar-refractivity contribution in [1.82, 2.24) is 0 Å². The normalized spacial score (nSPS) is 27.2. The molecule has 0 aromatic rings. The molecule has 6 heteroatoms. The van der Waals surface area contributed by atoms with Crippen LogP contribution in [0.5, 0.6) is 0 Å². The van der Waals surface area contributed by atoms with Crippen LogP contribution in [0, 0.1) is 43.6 Å². The van der Waals surface area contributed by atoms with E-state index in [1.54, 1.807) is 6.61 Å². The molecule has 0 aromatic heterocycles. The van der Waals surface area contributed by atoms with Gasteiger partial charge in [0.05, 0.1) is 12.7 Å². The van der Waals surface area contributed by atoms with Gasteiger partial charge in [-0.15, -0.1) is 5.92 Å². The summed E-state index contributed by atoms with van der Waals surface area (Å²) in [5, 5.41) is 0. The Labute approximate surface area is 141 Å². The van der Waals surface area contributed by atoms with Gasteiger partial charge in [-0.3, -0.25) is 4.79 Å². The predicted molar refractivity (Wildman–Crippen MR) is 72.4 cm³/mol. The van der Waals surface area contributed by atoms with Crippen LogP contribution in [0.3, 0.4) is 0 Å². The van der Waals surface area contributed by atoms with Crippen LogP contribution in [-0.2, 0) is 18.7 Å². The molecule has 0 aromatic carbocycles. The summed E-state index contributed by atoms with van der Waals surface area (Å²) < 4.78 is 16.9. The van der Waals surface area contributed by atoms with Gasteiger partial charge in [0.25, 0.3) is 0 Å². The van der Waals surface area contributed by atoms with E-state index in [1.165, 1.54) is 6.92 Å². The van der Waals surface area contributed by atoms with Crippen LogP contribution in [0.1, 0.15) is 27.7 Å². The third-order valence-corrected chi connectivity index (χ3v) is 7.36. The number of esters is 1. The molecule has 19 heavy (non-hydrogen) atoms. The molecule has 1 aliphatic heterocycles. The van der Waals surface area contributed by atoms with Crippen LogP contribution in [0.25, 0.3) is 0 Å². The summed E-state index contributed by atoms with van der Waals surface area (Å²) in [6.07, 6.45) is -0.395. The number of ether oxygens (including phenoxy) is 2. The molecule has 4 nitrogen and oxygen atoms in total. The first-order valence-electron chi connectivity index (χ1n) is 6.54. The molecule has 0 bridgehead atoms. The topological polar surface area (TPSA) is 44.8 Å². The van der Waals surface area contributed by atoms with Crippen LogP contribution in [0.4, 0.5) is 0 Å². The van der Waals surface area contributed by atoms with Crippen molar-refractivity contribution < 1.29 is 49.8 Å². The number of carbonyl (C=O) groups is 1. The zero-order valence-electron chi connectivity index (χ0n) is 12.7. The van der Waals surface area contributed by atoms with Gasteiger partial charge in [0.15, 0.2) is 8.32 Å². The second-order valence-electron chi connectivity index (χ2n) is 5.81. The first-order chi connectivity index (χ1) is 8.24. The van der Waals surface area contributed by atoms with Crippen molar-refractivity contribution >= 4 is 14.3 Å². The second-order valence-corrected chi connectivity index (χ2v) is 10.5. The molecule has 110 valence electrons. The summed E-state index contributed by atoms with van der Waals surface area (Å²) >= 11 is 0. The molecule has 0 spiro atoms. The molecule has 0 amide bonds. The summed E-state index contributed by atoms with van der Waals surface area (Å²) in [6.45, 7) is 14.4. The predicted octanol–water partition coefficient (Wildman–Crippen LogP) is 2.75. The quantitative estimate of drug-likeness (QED) is 0.324. The van der Waals surface area contributed by atoms with Crippen molar-refractivity contribution in [2.45, 2.75) is 58.5 Å². The van der Waals surface area contributed by atoms with Crippen LogP contribution >= 0.6 is 0 Å². The Morgan fingerprint density at radius 3 is 2.47 bits per heavy atom. The molecule has 1 aliphatic rings. The zero-order valence-corrected chi connectivity index (χ0v) is 17.9. The van der Waals surface area contributed by atoms with Crippen LogP contribution in [0.2, 0.25) is 18.6 Å². The van der Waals surface area contributed by atoms with Gasteiger partial charge >= 0.3 is 5.97 Å². The van der Waals surface area contributed by atoms with E-state index in [4.69, 9.17) is 13.9 Å². The van der Waals surface area contributed by atoms with E-state index in [1.807, 2.05) is 6.92 Å². The molecule has 0 radical (unpaired) electrons. The summed E-state index contributed by atoms with van der Waals surface area (Å²) in [5.41, 5.74) is 0.549. The Kier molecular flexibility index (Phi) is 8.47. The molecule has 1 saturated heterocycles. The van der Waals surface area contributed by atoms with Gasteiger partial charge < -0.3 is 13.9 Å². The molecule has 0 aliphatic carbocycles. The first-order valence-corrected chi connectivity index (χ1v) is 9.52. The Bertz CT molecular complexity index is 296. The van der Waals surface area contributed by atoms with Crippen molar-refractivity contribution in [3.63, 3.8) is 0 Å². The van der Waals surface area contributed by atoms with Gasteiger partial charge in [0, 0.05) is 38.0 Å². The summed E-state index contributed by atoms with van der Waals surface area (Å²) in [7, 11) is -1.67. The molecular formula is C13H25O4SiU-. The number of hydrogen-bond donors (Lipinski definition) is 0. The molecule has 1 fully saturated rings. The molecule has 0 saturated carbocycles. The van der Waals surface area contributed by atoms with Gasteiger partial charge in [-0.25, -0.2) is 6.61 Å². The van der Waals surface area contributed by atoms with E-state index in [-0.39, 0.29) is 55.2 Å². The van der Waals surface area contributed by atoms with Gasteiger partial charge in [0.1, 0.15) is 6.10 Å². The largest absolute Gasteiger partial charge is 0.545 e. The Balaban J connectivity index is 0.00000324. The van der Waals surface area contributed by atoms with Crippen molar-refractivity contribution in [2.24, 2.45) is 5.92 Å². The maximum absolute atomic E-state index is 11.1. The molecule has 3 unspecified atom stereocenters. The van der Waals surface area contributed by atoms with Gasteiger partial charge in [-0.05, 0) is 18.6 Å². The average Bonchev–Trinajstić information content (AvgIpc) is 2.57. The third kappa shape index (κ3) is 5.89. The van der Waals surface area contributed by atoms with Crippen molar-refractivity contribution in [2.75, 3.05) is 6.61 Å². The Morgan fingerprint density at radius 2 is 2.00 bits per heavy atom. The number of carbonyl (C=O) groups excluding carboxylic acids is 1. The second kappa shape index (κ2) is 8.19. The SMILES string of the molecule is CC(=O)OC1C(C)[CH-]OC1CO[Si](C)(C)C(C)C.[U]. The summed E-state index contributed by atoms with van der Waals surface area (Å²) in [6, 6.07) is 0. The molecule has 1 rings (SSSR count). The minimum atomic E-state index is -1.67. The monoisotopic (exact) mass is 511 g/mol. The van der Waals surface area contributed by atoms with Gasteiger partial charge in [-0.2, -0.15) is 0 Å². The van der Waals surface area contributed by atoms with E-state index in [9.17, 15) is 4.79 Å². The fourth-order valence-corrected chi connectivity index (χ4v) is 2.62. The van der Waals surface area contributed by atoms with E-state index < -0.39 is 8.32 Å². The van der Waals surface area contributed by atoms with Gasteiger partial charge in [0.2, 0.25) is 0 Å². The summed E-state index contributed by atoms with van der Waals surface area (Å²) in [5.74, 6) is -0.151. The fraction of sp³-hybridized carbons (Fsp3) is 0.846. The smallest absolute Gasteiger partial charge is 0.302 e. The standard InChI is InChI=1S/C13H25O4Si.U/c1-9(2)18(5,6)16-8-12-13(17-11(4)14)10(3)7-15-12;/h7,9-10,12-13H,8H2,1-6H3;/q-1;. The molecule has 3 atom stereocenters. The third-order valence-electron chi connectivity index (χ3n) is 3.66. The Hall–Kier alpha value is 0.659. The minimum absolute atomic E-state index is 0. The van der Waals surface area contributed by atoms with Crippen LogP contribution in [-0.4, -0.2) is 33.1 Å². The molecule has 1 heterocycles. The Morgan fingerprint density at radius 1 is 1.42 bits per heavy atom. The van der Waals surface area contributed by atoms with Crippen molar-refractivity contribution in [1.29, 1.82) is 0 Å². The van der Waals surface area contributed by atoms with E-state index in [2.05, 4.69) is 26.9 Å². The van der Waals surface area contributed by atoms with Crippen LogP contribution < -0.4 is 0 Å². The average molecular weight is 511 g/mol. The summed E-state index contributed by atoms with van der Waals surface area (Å²) in [4.78, 5) is 11.1. The van der Waals surface area contributed by atoms with E-state index in [0.29, 0.717) is 12.1 Å².